The van der Waals surface area contributed by atoms with Crippen LogP contribution < -0.4 is 14.8 Å². The van der Waals surface area contributed by atoms with Crippen LogP contribution in [0.5, 0.6) is 17.2 Å². The number of carbonyl (C=O) groups excluding carboxylic acids is 1. The Morgan fingerprint density at radius 2 is 2.03 bits per heavy atom. The van der Waals surface area contributed by atoms with Crippen molar-refractivity contribution in [3.63, 3.8) is 0 Å². The summed E-state index contributed by atoms with van der Waals surface area (Å²) < 4.78 is 27.8. The van der Waals surface area contributed by atoms with Gasteiger partial charge >= 0.3 is 5.97 Å². The average Bonchev–Trinajstić information content (AvgIpc) is 3.22. The molecule has 1 aliphatic heterocycles. The van der Waals surface area contributed by atoms with Gasteiger partial charge in [-0.2, -0.15) is 5.10 Å². The second-order valence-corrected chi connectivity index (χ2v) is 7.87. The number of hydrogen-bond donors (Lipinski definition) is 2. The molecule has 31 heavy (non-hydrogen) atoms. The highest BCUT2D eigenvalue weighted by molar-refractivity contribution is 6.04. The van der Waals surface area contributed by atoms with E-state index in [-0.39, 0.29) is 22.6 Å². The molecule has 1 aliphatic rings. The largest absolute Gasteiger partial charge is 0.487 e. The first-order valence-electron chi connectivity index (χ1n) is 9.49. The number of amides is 1. The number of fused-ring (bicyclic) bond motifs is 1. The molecule has 8 nitrogen and oxygen atoms in total. The van der Waals surface area contributed by atoms with Crippen LogP contribution in [0.4, 0.5) is 10.2 Å². The number of rotatable bonds is 5. The SMILES string of the molecule is Cn1ccc(NC(=O)c2ccc(Oc3cc(C(=O)O)cc4c3CC(C)(C)O4)cc2F)n1. The number of ether oxygens (including phenoxy) is 2. The monoisotopic (exact) mass is 425 g/mol. The molecule has 0 saturated carbocycles. The number of carboxylic acid groups (broad SMARTS) is 1. The Morgan fingerprint density at radius 3 is 2.68 bits per heavy atom. The molecule has 4 rings (SSSR count). The molecule has 0 aliphatic carbocycles. The number of nitrogens with one attached hydrogen (secondary N) is 1. The van der Waals surface area contributed by atoms with E-state index in [1.165, 1.54) is 28.9 Å². The quantitative estimate of drug-likeness (QED) is 0.640. The number of aromatic nitrogens is 2. The number of benzene rings is 2. The standard InChI is InChI=1S/C22H20FN3O5/c1-22(2)11-15-17(8-12(21(28)29)9-18(15)31-22)30-13-4-5-14(16(23)10-13)20(27)24-19-6-7-26(3)25-19/h4-10H,11H2,1-3H3,(H,28,29)(H,24,25,27). The minimum Gasteiger partial charge on any atom is -0.487 e. The molecule has 1 amide bonds. The van der Waals surface area contributed by atoms with Crippen LogP contribution >= 0.6 is 0 Å². The molecule has 3 aromatic rings. The molecule has 0 saturated heterocycles. The number of anilines is 1. The zero-order chi connectivity index (χ0) is 22.3. The summed E-state index contributed by atoms with van der Waals surface area (Å²) in [6, 6.07) is 8.24. The third kappa shape index (κ3) is 4.20. The maximum absolute atomic E-state index is 14.6. The van der Waals surface area contributed by atoms with Gasteiger partial charge in [0.05, 0.1) is 11.1 Å². The van der Waals surface area contributed by atoms with Gasteiger partial charge in [-0.05, 0) is 38.1 Å². The molecular formula is C22H20FN3O5. The van der Waals surface area contributed by atoms with Crippen LogP contribution in [0.15, 0.2) is 42.6 Å². The molecule has 0 spiro atoms. The van der Waals surface area contributed by atoms with Gasteiger partial charge in [0.2, 0.25) is 0 Å². The van der Waals surface area contributed by atoms with Crippen molar-refractivity contribution in [2.24, 2.45) is 7.05 Å². The zero-order valence-corrected chi connectivity index (χ0v) is 17.1. The fourth-order valence-corrected chi connectivity index (χ4v) is 3.39. The van der Waals surface area contributed by atoms with Gasteiger partial charge in [-0.1, -0.05) is 0 Å². The van der Waals surface area contributed by atoms with E-state index >= 15 is 0 Å². The van der Waals surface area contributed by atoms with Crippen LogP contribution in [0.3, 0.4) is 0 Å². The summed E-state index contributed by atoms with van der Waals surface area (Å²) in [7, 11) is 1.70. The molecule has 9 heteroatoms. The number of aryl methyl sites for hydroxylation is 1. The van der Waals surface area contributed by atoms with Gasteiger partial charge in [-0.3, -0.25) is 9.48 Å². The zero-order valence-electron chi connectivity index (χ0n) is 17.1. The van der Waals surface area contributed by atoms with Gasteiger partial charge in [0, 0.05) is 37.4 Å². The lowest BCUT2D eigenvalue weighted by Gasteiger charge is -2.16. The Balaban J connectivity index is 1.60. The topological polar surface area (TPSA) is 103 Å². The van der Waals surface area contributed by atoms with Gasteiger partial charge in [0.25, 0.3) is 5.91 Å². The molecule has 0 bridgehead atoms. The lowest BCUT2D eigenvalue weighted by Crippen LogP contribution is -2.24. The summed E-state index contributed by atoms with van der Waals surface area (Å²) in [5.41, 5.74) is 0.00798. The highest BCUT2D eigenvalue weighted by atomic mass is 19.1. The summed E-state index contributed by atoms with van der Waals surface area (Å²) in [4.78, 5) is 23.8. The van der Waals surface area contributed by atoms with E-state index in [9.17, 15) is 19.1 Å². The predicted octanol–water partition coefficient (Wildman–Crippen LogP) is 4.02. The minimum atomic E-state index is -1.13. The van der Waals surface area contributed by atoms with E-state index in [1.807, 2.05) is 13.8 Å². The Kier molecular flexibility index (Phi) is 4.88. The summed E-state index contributed by atoms with van der Waals surface area (Å²) in [6.07, 6.45) is 2.15. The second kappa shape index (κ2) is 7.42. The van der Waals surface area contributed by atoms with Gasteiger partial charge in [0.1, 0.15) is 28.7 Å². The van der Waals surface area contributed by atoms with Crippen LogP contribution in [0.2, 0.25) is 0 Å². The Hall–Kier alpha value is -3.88. The lowest BCUT2D eigenvalue weighted by atomic mass is 10.00. The van der Waals surface area contributed by atoms with Crippen LogP contribution in [0.25, 0.3) is 0 Å². The van der Waals surface area contributed by atoms with Gasteiger partial charge in [-0.25, -0.2) is 9.18 Å². The number of carbonyl (C=O) groups is 2. The highest BCUT2D eigenvalue weighted by Gasteiger charge is 2.34. The summed E-state index contributed by atoms with van der Waals surface area (Å²) >= 11 is 0. The normalized spacial score (nSPS) is 13.9. The maximum Gasteiger partial charge on any atom is 0.335 e. The average molecular weight is 425 g/mol. The molecular weight excluding hydrogens is 405 g/mol. The number of halogens is 1. The molecule has 1 aromatic heterocycles. The van der Waals surface area contributed by atoms with Crippen molar-refractivity contribution < 1.29 is 28.6 Å². The van der Waals surface area contributed by atoms with E-state index in [4.69, 9.17) is 9.47 Å². The first-order valence-corrected chi connectivity index (χ1v) is 9.49. The van der Waals surface area contributed by atoms with Crippen LogP contribution in [-0.2, 0) is 13.5 Å². The molecule has 0 radical (unpaired) electrons. The van der Waals surface area contributed by atoms with Crippen molar-refractivity contribution >= 4 is 17.7 Å². The van der Waals surface area contributed by atoms with Crippen LogP contribution in [0.1, 0.15) is 40.1 Å². The summed E-state index contributed by atoms with van der Waals surface area (Å²) in [5.74, 6) is -1.44. The van der Waals surface area contributed by atoms with Gasteiger partial charge in [-0.15, -0.1) is 0 Å². The van der Waals surface area contributed by atoms with E-state index < -0.39 is 23.3 Å². The van der Waals surface area contributed by atoms with Crippen molar-refractivity contribution in [2.75, 3.05) is 5.32 Å². The first kappa shape index (κ1) is 20.4. The van der Waals surface area contributed by atoms with Crippen molar-refractivity contribution in [2.45, 2.75) is 25.9 Å². The summed E-state index contributed by atoms with van der Waals surface area (Å²) in [5, 5.41) is 15.9. The fourth-order valence-electron chi connectivity index (χ4n) is 3.39. The van der Waals surface area contributed by atoms with E-state index in [0.717, 1.165) is 6.07 Å². The lowest BCUT2D eigenvalue weighted by molar-refractivity contribution is 0.0694. The fraction of sp³-hybridized carbons (Fsp3) is 0.227. The van der Waals surface area contributed by atoms with Crippen molar-refractivity contribution in [1.82, 2.24) is 9.78 Å². The number of carboxylic acids is 1. The molecule has 0 unspecified atom stereocenters. The molecule has 0 fully saturated rings. The number of hydrogen-bond acceptors (Lipinski definition) is 5. The Labute approximate surface area is 177 Å². The molecule has 2 N–H and O–H groups in total. The molecule has 160 valence electrons. The van der Waals surface area contributed by atoms with Crippen molar-refractivity contribution in [3.05, 3.63) is 65.1 Å². The molecule has 2 heterocycles. The maximum atomic E-state index is 14.6. The Morgan fingerprint density at radius 1 is 1.26 bits per heavy atom. The van der Waals surface area contributed by atoms with Crippen LogP contribution in [-0.4, -0.2) is 32.4 Å². The molecule has 2 aromatic carbocycles. The highest BCUT2D eigenvalue weighted by Crippen LogP contribution is 2.43. The van der Waals surface area contributed by atoms with Crippen LogP contribution in [0, 0.1) is 5.82 Å². The molecule has 0 atom stereocenters. The number of aromatic carboxylic acids is 1. The van der Waals surface area contributed by atoms with Crippen molar-refractivity contribution in [1.29, 1.82) is 0 Å². The van der Waals surface area contributed by atoms with E-state index in [0.29, 0.717) is 23.6 Å². The van der Waals surface area contributed by atoms with Gasteiger partial charge in [0.15, 0.2) is 5.82 Å². The number of nitrogens with zero attached hydrogens (tertiary/aromatic N) is 2. The van der Waals surface area contributed by atoms with Crippen molar-refractivity contribution in [3.8, 4) is 17.2 Å². The smallest absolute Gasteiger partial charge is 0.335 e. The van der Waals surface area contributed by atoms with Gasteiger partial charge < -0.3 is 19.9 Å². The summed E-state index contributed by atoms with van der Waals surface area (Å²) in [6.45, 7) is 3.76. The third-order valence-corrected chi connectivity index (χ3v) is 4.77. The third-order valence-electron chi connectivity index (χ3n) is 4.77. The predicted molar refractivity (Wildman–Crippen MR) is 109 cm³/mol. The Bertz CT molecular complexity index is 1200. The van der Waals surface area contributed by atoms with E-state index in [1.54, 1.807) is 19.3 Å². The second-order valence-electron chi connectivity index (χ2n) is 7.87. The van der Waals surface area contributed by atoms with E-state index in [2.05, 4.69) is 10.4 Å². The first-order chi connectivity index (χ1) is 14.6. The minimum absolute atomic E-state index is 0.00159.